The molecule has 1 aromatic rings. The summed E-state index contributed by atoms with van der Waals surface area (Å²) in [5.41, 5.74) is 0.798. The zero-order valence-corrected chi connectivity index (χ0v) is 12.5. The van der Waals surface area contributed by atoms with Gasteiger partial charge in [0, 0.05) is 12.5 Å². The Balaban J connectivity index is 2.25. The fourth-order valence-electron chi connectivity index (χ4n) is 2.10. The van der Waals surface area contributed by atoms with Crippen molar-refractivity contribution in [2.45, 2.75) is 12.5 Å². The molecule has 0 aromatic heterocycles. The highest BCUT2D eigenvalue weighted by Crippen LogP contribution is 2.22. The van der Waals surface area contributed by atoms with Crippen molar-refractivity contribution < 1.29 is 19.1 Å². The van der Waals surface area contributed by atoms with Gasteiger partial charge in [0.25, 0.3) is 11.8 Å². The van der Waals surface area contributed by atoms with Crippen molar-refractivity contribution in [3.05, 3.63) is 59.7 Å². The summed E-state index contributed by atoms with van der Waals surface area (Å²) in [4.78, 5) is 37.0. The maximum absolute atomic E-state index is 12.2. The van der Waals surface area contributed by atoms with Crippen molar-refractivity contribution in [3.63, 3.8) is 0 Å². The van der Waals surface area contributed by atoms with Crippen molar-refractivity contribution in [1.29, 1.82) is 0 Å². The molecule has 1 atom stereocenters. The summed E-state index contributed by atoms with van der Waals surface area (Å²) >= 11 is 5.69. The monoisotopic (exact) mass is 319 g/mol. The molecule has 0 unspecified atom stereocenters. The van der Waals surface area contributed by atoms with E-state index >= 15 is 0 Å². The van der Waals surface area contributed by atoms with Crippen LogP contribution in [0.4, 0.5) is 0 Å². The molecule has 2 rings (SSSR count). The van der Waals surface area contributed by atoms with E-state index in [2.05, 4.69) is 6.58 Å². The minimum absolute atomic E-state index is 0.00149. The number of imide groups is 1. The molecule has 0 aliphatic carbocycles. The minimum atomic E-state index is -1.06. The average Bonchev–Trinajstić information content (AvgIpc) is 2.76. The molecule has 1 heterocycles. The Morgan fingerprint density at radius 2 is 2.00 bits per heavy atom. The van der Waals surface area contributed by atoms with E-state index in [0.29, 0.717) is 0 Å². The number of carbonyl (C=O) groups is 3. The van der Waals surface area contributed by atoms with Crippen LogP contribution < -0.4 is 0 Å². The summed E-state index contributed by atoms with van der Waals surface area (Å²) in [7, 11) is 0. The highest BCUT2D eigenvalue weighted by atomic mass is 35.5. The smallest absolute Gasteiger partial charge is 0.330 e. The summed E-state index contributed by atoms with van der Waals surface area (Å²) in [5, 5.41) is -0.209. The van der Waals surface area contributed by atoms with Crippen molar-refractivity contribution in [3.8, 4) is 0 Å². The lowest BCUT2D eigenvalue weighted by Crippen LogP contribution is -2.47. The maximum Gasteiger partial charge on any atom is 0.330 e. The Kier molecular flexibility index (Phi) is 5.12. The zero-order chi connectivity index (χ0) is 16.1. The second-order valence-electron chi connectivity index (χ2n) is 4.63. The van der Waals surface area contributed by atoms with Gasteiger partial charge in [-0.05, 0) is 5.56 Å². The third-order valence-electron chi connectivity index (χ3n) is 3.11. The van der Waals surface area contributed by atoms with Crippen molar-refractivity contribution >= 4 is 29.4 Å². The van der Waals surface area contributed by atoms with Gasteiger partial charge in [-0.2, -0.15) is 0 Å². The number of nitrogens with zero attached hydrogens (tertiary/aromatic N) is 1. The maximum atomic E-state index is 12.2. The normalized spacial score (nSPS) is 15.5. The van der Waals surface area contributed by atoms with Gasteiger partial charge in [0.05, 0.1) is 0 Å². The molecule has 0 saturated carbocycles. The van der Waals surface area contributed by atoms with Gasteiger partial charge in [0.2, 0.25) is 0 Å². The Labute approximate surface area is 132 Å². The number of hydrogen-bond donors (Lipinski definition) is 0. The summed E-state index contributed by atoms with van der Waals surface area (Å²) < 4.78 is 5.00. The van der Waals surface area contributed by atoms with E-state index in [4.69, 9.17) is 16.3 Å². The van der Waals surface area contributed by atoms with Gasteiger partial charge in [0.15, 0.2) is 0 Å². The molecule has 6 heteroatoms. The van der Waals surface area contributed by atoms with Gasteiger partial charge < -0.3 is 4.74 Å². The van der Waals surface area contributed by atoms with E-state index in [-0.39, 0.29) is 18.1 Å². The average molecular weight is 320 g/mol. The highest BCUT2D eigenvalue weighted by molar-refractivity contribution is 6.47. The van der Waals surface area contributed by atoms with E-state index in [1.54, 1.807) is 24.3 Å². The number of ether oxygens (including phenoxy) is 1. The number of esters is 1. The largest absolute Gasteiger partial charge is 0.460 e. The summed E-state index contributed by atoms with van der Waals surface area (Å²) in [5.74, 6) is -1.99. The predicted molar refractivity (Wildman–Crippen MR) is 80.9 cm³/mol. The second-order valence-corrected chi connectivity index (χ2v) is 5.04. The van der Waals surface area contributed by atoms with E-state index in [9.17, 15) is 14.4 Å². The molecule has 2 amide bonds. The van der Waals surface area contributed by atoms with Crippen LogP contribution in [0, 0.1) is 0 Å². The predicted octanol–water partition coefficient (Wildman–Crippen LogP) is 1.82. The first kappa shape index (κ1) is 16.0. The van der Waals surface area contributed by atoms with E-state index < -0.39 is 23.8 Å². The Bertz CT molecular complexity index is 639. The molecule has 1 aliphatic rings. The molecule has 0 N–H and O–H groups in total. The van der Waals surface area contributed by atoms with Crippen LogP contribution in [0.1, 0.15) is 5.56 Å². The molecule has 22 heavy (non-hydrogen) atoms. The Hall–Kier alpha value is -2.40. The van der Waals surface area contributed by atoms with Crippen LogP contribution >= 0.6 is 11.6 Å². The van der Waals surface area contributed by atoms with Crippen molar-refractivity contribution in [2.24, 2.45) is 0 Å². The van der Waals surface area contributed by atoms with Gasteiger partial charge in [-0.15, -0.1) is 0 Å². The summed E-state index contributed by atoms with van der Waals surface area (Å²) in [6.07, 6.45) is 2.57. The van der Waals surface area contributed by atoms with Crippen LogP contribution in [-0.2, 0) is 25.5 Å². The van der Waals surface area contributed by atoms with Gasteiger partial charge in [-0.1, -0.05) is 54.6 Å². The lowest BCUT2D eigenvalue weighted by molar-refractivity contribution is -0.156. The molecule has 0 saturated heterocycles. The number of carbonyl (C=O) groups excluding carboxylic acids is 3. The molecular formula is C16H14ClNO4. The van der Waals surface area contributed by atoms with Crippen LogP contribution in [0.25, 0.3) is 0 Å². The molecule has 0 spiro atoms. The van der Waals surface area contributed by atoms with Gasteiger partial charge in [-0.25, -0.2) is 4.79 Å². The fraction of sp³-hybridized carbons (Fsp3) is 0.188. The molecule has 1 aromatic carbocycles. The summed E-state index contributed by atoms with van der Waals surface area (Å²) in [6.45, 7) is 3.46. The number of amides is 2. The molecule has 0 fully saturated rings. The lowest BCUT2D eigenvalue weighted by atomic mass is 10.0. The molecule has 0 bridgehead atoms. The van der Waals surface area contributed by atoms with E-state index in [0.717, 1.165) is 16.5 Å². The molecule has 0 radical (unpaired) electrons. The number of hydrogen-bond acceptors (Lipinski definition) is 4. The van der Waals surface area contributed by atoms with E-state index in [1.807, 2.05) is 6.07 Å². The van der Waals surface area contributed by atoms with Crippen LogP contribution in [0.5, 0.6) is 0 Å². The van der Waals surface area contributed by atoms with Gasteiger partial charge in [-0.3, -0.25) is 14.5 Å². The lowest BCUT2D eigenvalue weighted by Gasteiger charge is -2.24. The Morgan fingerprint density at radius 1 is 1.32 bits per heavy atom. The number of halogens is 1. The first-order valence-electron chi connectivity index (χ1n) is 6.60. The van der Waals surface area contributed by atoms with Crippen molar-refractivity contribution in [2.75, 3.05) is 6.61 Å². The van der Waals surface area contributed by atoms with Gasteiger partial charge in [0.1, 0.15) is 17.7 Å². The second kappa shape index (κ2) is 7.04. The SMILES string of the molecule is C=CCOC(=O)[C@H](Cc1ccccc1)N1C(=O)C=C(Cl)C1=O. The third kappa shape index (κ3) is 3.43. The molecule has 114 valence electrons. The third-order valence-corrected chi connectivity index (χ3v) is 3.38. The fourth-order valence-corrected chi connectivity index (χ4v) is 2.29. The molecule has 5 nitrogen and oxygen atoms in total. The topological polar surface area (TPSA) is 63.7 Å². The van der Waals surface area contributed by atoms with Crippen LogP contribution in [0.15, 0.2) is 54.1 Å². The first-order valence-corrected chi connectivity index (χ1v) is 6.98. The quantitative estimate of drug-likeness (QED) is 0.456. The van der Waals surface area contributed by atoms with E-state index in [1.165, 1.54) is 6.08 Å². The minimum Gasteiger partial charge on any atom is -0.460 e. The van der Waals surface area contributed by atoms with Crippen LogP contribution in [-0.4, -0.2) is 35.3 Å². The summed E-state index contributed by atoms with van der Waals surface area (Å²) in [6, 6.07) is 7.98. The van der Waals surface area contributed by atoms with Crippen molar-refractivity contribution in [1.82, 2.24) is 4.90 Å². The van der Waals surface area contributed by atoms with Gasteiger partial charge >= 0.3 is 5.97 Å². The Morgan fingerprint density at radius 3 is 2.55 bits per heavy atom. The van der Waals surface area contributed by atoms with Crippen LogP contribution in [0.2, 0.25) is 0 Å². The number of rotatable bonds is 6. The first-order chi connectivity index (χ1) is 10.5. The number of benzene rings is 1. The van der Waals surface area contributed by atoms with Crippen LogP contribution in [0.3, 0.4) is 0 Å². The molecule has 1 aliphatic heterocycles. The standard InChI is InChI=1S/C16H14ClNO4/c1-2-8-22-16(21)13(9-11-6-4-3-5-7-11)18-14(19)10-12(17)15(18)20/h2-7,10,13H,1,8-9H2/t13-/m0/s1. The highest BCUT2D eigenvalue weighted by Gasteiger charge is 2.40. The molecular weight excluding hydrogens is 306 g/mol. The zero-order valence-electron chi connectivity index (χ0n) is 11.7.